The third kappa shape index (κ3) is 3.67. The Labute approximate surface area is 129 Å². The first-order chi connectivity index (χ1) is 9.78. The lowest BCUT2D eigenvalue weighted by Gasteiger charge is -2.46. The van der Waals surface area contributed by atoms with Crippen molar-refractivity contribution >= 4 is 0 Å². The lowest BCUT2D eigenvalue weighted by molar-refractivity contribution is -0.0989. The second kappa shape index (κ2) is 6.09. The standard InChI is InChI=1S/C17H31N3O/c1-6-21-17(9-7-16(3,4)8-10-17)15(18)12-14-11-13(2)19-20(14)5/h11,15H,6-10,12,18H2,1-5H3. The average Bonchev–Trinajstić information content (AvgIpc) is 2.71. The zero-order chi connectivity index (χ0) is 15.7. The van der Waals surface area contributed by atoms with Gasteiger partial charge in [0, 0.05) is 31.8 Å². The van der Waals surface area contributed by atoms with Crippen molar-refractivity contribution in [2.45, 2.75) is 71.4 Å². The summed E-state index contributed by atoms with van der Waals surface area (Å²) in [6.07, 6.45) is 5.33. The summed E-state index contributed by atoms with van der Waals surface area (Å²) in [5, 5.41) is 4.42. The van der Waals surface area contributed by atoms with E-state index in [1.807, 2.05) is 18.7 Å². The van der Waals surface area contributed by atoms with Gasteiger partial charge >= 0.3 is 0 Å². The molecule has 0 aliphatic heterocycles. The highest BCUT2D eigenvalue weighted by Crippen LogP contribution is 2.43. The van der Waals surface area contributed by atoms with Crippen molar-refractivity contribution in [3.63, 3.8) is 0 Å². The van der Waals surface area contributed by atoms with Crippen LogP contribution in [-0.4, -0.2) is 28.0 Å². The van der Waals surface area contributed by atoms with E-state index in [9.17, 15) is 0 Å². The molecular weight excluding hydrogens is 262 g/mol. The van der Waals surface area contributed by atoms with Crippen molar-refractivity contribution in [3.05, 3.63) is 17.5 Å². The minimum absolute atomic E-state index is 0.0309. The van der Waals surface area contributed by atoms with Gasteiger partial charge in [0.25, 0.3) is 0 Å². The van der Waals surface area contributed by atoms with E-state index < -0.39 is 0 Å². The number of nitrogens with two attached hydrogens (primary N) is 1. The van der Waals surface area contributed by atoms with Crippen LogP contribution in [0.1, 0.15) is 57.8 Å². The molecular formula is C17H31N3O. The molecule has 1 heterocycles. The summed E-state index contributed by atoms with van der Waals surface area (Å²) in [4.78, 5) is 0. The van der Waals surface area contributed by atoms with Crippen LogP contribution < -0.4 is 5.73 Å². The number of aryl methyl sites for hydroxylation is 2. The number of rotatable bonds is 5. The summed E-state index contributed by atoms with van der Waals surface area (Å²) in [5.74, 6) is 0. The molecule has 2 rings (SSSR count). The Balaban J connectivity index is 2.12. The van der Waals surface area contributed by atoms with Crippen LogP contribution in [0.15, 0.2) is 6.07 Å². The lowest BCUT2D eigenvalue weighted by atomic mass is 9.68. The summed E-state index contributed by atoms with van der Waals surface area (Å²) in [6, 6.07) is 2.16. The van der Waals surface area contributed by atoms with E-state index in [0.717, 1.165) is 31.6 Å². The highest BCUT2D eigenvalue weighted by Gasteiger charge is 2.43. The quantitative estimate of drug-likeness (QED) is 0.908. The van der Waals surface area contributed by atoms with Gasteiger partial charge in [-0.15, -0.1) is 0 Å². The minimum Gasteiger partial charge on any atom is -0.374 e. The number of nitrogens with zero attached hydrogens (tertiary/aromatic N) is 2. The van der Waals surface area contributed by atoms with Gasteiger partial charge in [-0.2, -0.15) is 5.10 Å². The van der Waals surface area contributed by atoms with Crippen LogP contribution in [0.5, 0.6) is 0 Å². The molecule has 1 aliphatic rings. The first-order valence-electron chi connectivity index (χ1n) is 8.17. The second-order valence-electron chi connectivity index (χ2n) is 7.37. The van der Waals surface area contributed by atoms with Gasteiger partial charge in [-0.25, -0.2) is 0 Å². The Kier molecular flexibility index (Phi) is 4.79. The number of aromatic nitrogens is 2. The van der Waals surface area contributed by atoms with Crippen molar-refractivity contribution < 1.29 is 4.74 Å². The van der Waals surface area contributed by atoms with Crippen molar-refractivity contribution in [1.29, 1.82) is 0 Å². The van der Waals surface area contributed by atoms with E-state index in [-0.39, 0.29) is 11.6 Å². The van der Waals surface area contributed by atoms with Gasteiger partial charge in [0.15, 0.2) is 0 Å². The van der Waals surface area contributed by atoms with Crippen molar-refractivity contribution in [3.8, 4) is 0 Å². The highest BCUT2D eigenvalue weighted by atomic mass is 16.5. The van der Waals surface area contributed by atoms with Gasteiger partial charge in [0.05, 0.1) is 11.3 Å². The van der Waals surface area contributed by atoms with Crippen molar-refractivity contribution in [2.75, 3.05) is 6.61 Å². The van der Waals surface area contributed by atoms with Crippen LogP contribution in [0, 0.1) is 12.3 Å². The van der Waals surface area contributed by atoms with Crippen LogP contribution >= 0.6 is 0 Å². The van der Waals surface area contributed by atoms with Gasteiger partial charge in [0.2, 0.25) is 0 Å². The van der Waals surface area contributed by atoms with Crippen molar-refractivity contribution in [1.82, 2.24) is 9.78 Å². The largest absolute Gasteiger partial charge is 0.374 e. The molecule has 1 fully saturated rings. The number of hydrogen-bond acceptors (Lipinski definition) is 3. The predicted molar refractivity (Wildman–Crippen MR) is 86.2 cm³/mol. The van der Waals surface area contributed by atoms with E-state index in [0.29, 0.717) is 5.41 Å². The summed E-state index contributed by atoms with van der Waals surface area (Å²) >= 11 is 0. The van der Waals surface area contributed by atoms with Gasteiger partial charge in [-0.3, -0.25) is 4.68 Å². The molecule has 1 atom stereocenters. The molecule has 0 spiro atoms. The molecule has 4 nitrogen and oxygen atoms in total. The van der Waals surface area contributed by atoms with Gasteiger partial charge in [-0.1, -0.05) is 13.8 Å². The Morgan fingerprint density at radius 2 is 1.95 bits per heavy atom. The van der Waals surface area contributed by atoms with Gasteiger partial charge < -0.3 is 10.5 Å². The Morgan fingerprint density at radius 1 is 1.33 bits per heavy atom. The molecule has 0 radical (unpaired) electrons. The molecule has 0 bridgehead atoms. The smallest absolute Gasteiger partial charge is 0.0836 e. The zero-order valence-corrected chi connectivity index (χ0v) is 14.3. The summed E-state index contributed by atoms with van der Waals surface area (Å²) < 4.78 is 8.14. The third-order valence-corrected chi connectivity index (χ3v) is 5.09. The van der Waals surface area contributed by atoms with Gasteiger partial charge in [-0.05, 0) is 51.0 Å². The molecule has 1 aromatic heterocycles. The Hall–Kier alpha value is -0.870. The first kappa shape index (κ1) is 16.5. The molecule has 1 aliphatic carbocycles. The molecule has 1 saturated carbocycles. The third-order valence-electron chi connectivity index (χ3n) is 5.09. The maximum Gasteiger partial charge on any atom is 0.0836 e. The molecule has 0 amide bonds. The predicted octanol–water partition coefficient (Wildman–Crippen LogP) is 2.97. The normalized spacial score (nSPS) is 22.2. The average molecular weight is 293 g/mol. The van der Waals surface area contributed by atoms with Crippen LogP contribution in [0.4, 0.5) is 0 Å². The van der Waals surface area contributed by atoms with E-state index in [2.05, 4.69) is 31.9 Å². The van der Waals surface area contributed by atoms with Crippen LogP contribution in [0.3, 0.4) is 0 Å². The fourth-order valence-electron chi connectivity index (χ4n) is 3.53. The van der Waals surface area contributed by atoms with Gasteiger partial charge in [0.1, 0.15) is 0 Å². The van der Waals surface area contributed by atoms with E-state index >= 15 is 0 Å². The Bertz CT molecular complexity index is 468. The first-order valence-corrected chi connectivity index (χ1v) is 8.17. The maximum atomic E-state index is 6.60. The molecule has 2 N–H and O–H groups in total. The maximum absolute atomic E-state index is 6.60. The minimum atomic E-state index is -0.164. The monoisotopic (exact) mass is 293 g/mol. The zero-order valence-electron chi connectivity index (χ0n) is 14.3. The second-order valence-corrected chi connectivity index (χ2v) is 7.37. The summed E-state index contributed by atoms with van der Waals surface area (Å²) in [5.41, 5.74) is 9.11. The molecule has 1 unspecified atom stereocenters. The fraction of sp³-hybridized carbons (Fsp3) is 0.824. The molecule has 4 heteroatoms. The molecule has 1 aromatic rings. The fourth-order valence-corrected chi connectivity index (χ4v) is 3.53. The van der Waals surface area contributed by atoms with E-state index in [1.165, 1.54) is 18.5 Å². The highest BCUT2D eigenvalue weighted by molar-refractivity contribution is 5.12. The summed E-state index contributed by atoms with van der Waals surface area (Å²) in [6.45, 7) is 9.52. The van der Waals surface area contributed by atoms with Crippen LogP contribution in [-0.2, 0) is 18.2 Å². The number of hydrogen-bond donors (Lipinski definition) is 1. The molecule has 0 saturated heterocycles. The SMILES string of the molecule is CCOC1(C(N)Cc2cc(C)nn2C)CCC(C)(C)CC1. The van der Waals surface area contributed by atoms with E-state index in [4.69, 9.17) is 10.5 Å². The van der Waals surface area contributed by atoms with E-state index in [1.54, 1.807) is 0 Å². The molecule has 21 heavy (non-hydrogen) atoms. The summed E-state index contributed by atoms with van der Waals surface area (Å²) in [7, 11) is 1.99. The topological polar surface area (TPSA) is 53.1 Å². The Morgan fingerprint density at radius 3 is 2.43 bits per heavy atom. The van der Waals surface area contributed by atoms with Crippen LogP contribution in [0.25, 0.3) is 0 Å². The lowest BCUT2D eigenvalue weighted by Crippen LogP contribution is -2.54. The molecule has 120 valence electrons. The van der Waals surface area contributed by atoms with Crippen LogP contribution in [0.2, 0.25) is 0 Å². The van der Waals surface area contributed by atoms with Crippen molar-refractivity contribution in [2.24, 2.45) is 18.2 Å². The number of ether oxygens (including phenoxy) is 1. The molecule has 0 aromatic carbocycles.